The lowest BCUT2D eigenvalue weighted by Gasteiger charge is -2.09. The minimum absolute atomic E-state index is 0.0848. The normalized spacial score (nSPS) is 17.6. The average Bonchev–Trinajstić information content (AvgIpc) is 2.67. The lowest BCUT2D eigenvalue weighted by Crippen LogP contribution is -2.33. The van der Waals surface area contributed by atoms with Gasteiger partial charge in [0.05, 0.1) is 4.91 Å². The highest BCUT2D eigenvalue weighted by molar-refractivity contribution is 8.18. The van der Waals surface area contributed by atoms with Crippen LogP contribution < -0.4 is 5.73 Å². The van der Waals surface area contributed by atoms with Gasteiger partial charge in [-0.05, 0) is 23.4 Å². The van der Waals surface area contributed by atoms with Gasteiger partial charge in [0.15, 0.2) is 0 Å². The van der Waals surface area contributed by atoms with Gasteiger partial charge in [0.2, 0.25) is 0 Å². The zero-order valence-corrected chi connectivity index (χ0v) is 11.2. The Kier molecular flexibility index (Phi) is 4.51. The van der Waals surface area contributed by atoms with Crippen LogP contribution in [0.5, 0.6) is 0 Å². The molecule has 0 atom stereocenters. The maximum Gasteiger partial charge on any atom is 0.293 e. The maximum absolute atomic E-state index is 12.4. The summed E-state index contributed by atoms with van der Waals surface area (Å²) >= 11 is 0.822. The molecule has 1 aliphatic heterocycles. The number of rotatable bonds is 4. The highest BCUT2D eigenvalue weighted by atomic mass is 32.2. The zero-order valence-electron chi connectivity index (χ0n) is 10.4. The third-order valence-electron chi connectivity index (χ3n) is 2.71. The number of imide groups is 1. The monoisotopic (exact) mass is 298 g/mol. The number of hydrogen-bond acceptors (Lipinski definition) is 4. The van der Waals surface area contributed by atoms with Crippen molar-refractivity contribution in [3.8, 4) is 0 Å². The number of hydrogen-bond donors (Lipinski definition) is 1. The maximum atomic E-state index is 12.4. The van der Waals surface area contributed by atoms with Gasteiger partial charge in [-0.2, -0.15) is 0 Å². The first kappa shape index (κ1) is 14.7. The van der Waals surface area contributed by atoms with Crippen molar-refractivity contribution in [2.45, 2.75) is 6.43 Å². The summed E-state index contributed by atoms with van der Waals surface area (Å²) < 4.78 is 24.8. The van der Waals surface area contributed by atoms with Crippen molar-refractivity contribution in [3.63, 3.8) is 0 Å². The van der Waals surface area contributed by atoms with E-state index in [1.165, 1.54) is 30.3 Å². The van der Waals surface area contributed by atoms with E-state index in [1.807, 2.05) is 0 Å². The molecule has 1 fully saturated rings. The van der Waals surface area contributed by atoms with E-state index in [9.17, 15) is 18.4 Å². The highest BCUT2D eigenvalue weighted by Gasteiger charge is 2.34. The molecular weight excluding hydrogens is 286 g/mol. The van der Waals surface area contributed by atoms with Crippen LogP contribution in [0.3, 0.4) is 0 Å². The van der Waals surface area contributed by atoms with Crippen molar-refractivity contribution in [1.82, 2.24) is 4.90 Å². The Morgan fingerprint density at radius 3 is 2.45 bits per heavy atom. The van der Waals surface area contributed by atoms with Gasteiger partial charge in [-0.15, -0.1) is 0 Å². The number of amides is 2. The molecule has 0 aliphatic carbocycles. The smallest absolute Gasteiger partial charge is 0.293 e. The summed E-state index contributed by atoms with van der Waals surface area (Å²) in [5.41, 5.74) is 5.84. The van der Waals surface area contributed by atoms with E-state index >= 15 is 0 Å². The van der Waals surface area contributed by atoms with Crippen LogP contribution in [0, 0.1) is 0 Å². The third kappa shape index (κ3) is 3.05. The number of halogens is 2. The minimum atomic E-state index is -2.53. The lowest BCUT2D eigenvalue weighted by atomic mass is 10.1. The summed E-state index contributed by atoms with van der Waals surface area (Å²) in [4.78, 5) is 24.9. The average molecular weight is 298 g/mol. The van der Waals surface area contributed by atoms with Crippen LogP contribution >= 0.6 is 11.8 Å². The van der Waals surface area contributed by atoms with Crippen molar-refractivity contribution in [1.29, 1.82) is 0 Å². The number of benzene rings is 1. The SMILES string of the molecule is NCCN1C(=O)S/C(=C/c2ccc(C(F)F)cc2)C1=O. The summed E-state index contributed by atoms with van der Waals surface area (Å²) in [6.45, 7) is 0.376. The van der Waals surface area contributed by atoms with Crippen molar-refractivity contribution >= 4 is 29.0 Å². The number of alkyl halides is 2. The summed E-state index contributed by atoms with van der Waals surface area (Å²) in [5.74, 6) is -0.400. The quantitative estimate of drug-likeness (QED) is 0.868. The Morgan fingerprint density at radius 2 is 1.90 bits per heavy atom. The fourth-order valence-electron chi connectivity index (χ4n) is 1.71. The molecule has 0 aromatic heterocycles. The van der Waals surface area contributed by atoms with Crippen LogP contribution in [0.2, 0.25) is 0 Å². The van der Waals surface area contributed by atoms with Crippen molar-refractivity contribution in [2.24, 2.45) is 5.73 Å². The molecule has 1 aromatic rings. The van der Waals surface area contributed by atoms with Crippen LogP contribution in [-0.4, -0.2) is 29.1 Å². The molecule has 0 saturated carbocycles. The van der Waals surface area contributed by atoms with Gasteiger partial charge in [-0.25, -0.2) is 8.78 Å². The Bertz CT molecular complexity index is 558. The first-order chi connectivity index (χ1) is 9.52. The van der Waals surface area contributed by atoms with Gasteiger partial charge in [-0.3, -0.25) is 14.5 Å². The fraction of sp³-hybridized carbons (Fsp3) is 0.231. The van der Waals surface area contributed by atoms with Gasteiger partial charge in [0, 0.05) is 18.7 Å². The van der Waals surface area contributed by atoms with Crippen molar-refractivity contribution in [2.75, 3.05) is 13.1 Å². The summed E-state index contributed by atoms with van der Waals surface area (Å²) in [6, 6.07) is 5.55. The molecule has 106 valence electrons. The van der Waals surface area contributed by atoms with Crippen LogP contribution in [-0.2, 0) is 4.79 Å². The Labute approximate surface area is 118 Å². The molecule has 2 N–H and O–H groups in total. The zero-order chi connectivity index (χ0) is 14.7. The molecule has 1 saturated heterocycles. The fourth-order valence-corrected chi connectivity index (χ4v) is 2.58. The summed E-state index contributed by atoms with van der Waals surface area (Å²) in [5, 5.41) is -0.365. The predicted molar refractivity (Wildman–Crippen MR) is 73.1 cm³/mol. The van der Waals surface area contributed by atoms with Crippen LogP contribution in [0.25, 0.3) is 6.08 Å². The van der Waals surface area contributed by atoms with Crippen LogP contribution in [0.15, 0.2) is 29.2 Å². The number of nitrogens with zero attached hydrogens (tertiary/aromatic N) is 1. The van der Waals surface area contributed by atoms with E-state index in [0.29, 0.717) is 5.56 Å². The van der Waals surface area contributed by atoms with Crippen molar-refractivity contribution < 1.29 is 18.4 Å². The summed E-state index contributed by atoms with van der Waals surface area (Å²) in [6.07, 6.45) is -1.02. The largest absolute Gasteiger partial charge is 0.329 e. The van der Waals surface area contributed by atoms with Gasteiger partial charge in [-0.1, -0.05) is 24.3 Å². The Hall–Kier alpha value is -1.73. The topological polar surface area (TPSA) is 63.4 Å². The number of carbonyl (C=O) groups is 2. The van der Waals surface area contributed by atoms with Crippen molar-refractivity contribution in [3.05, 3.63) is 40.3 Å². The number of nitrogens with two attached hydrogens (primary N) is 1. The van der Waals surface area contributed by atoms with Crippen LogP contribution in [0.4, 0.5) is 13.6 Å². The molecule has 2 amide bonds. The number of carbonyl (C=O) groups excluding carboxylic acids is 2. The Balaban J connectivity index is 2.19. The first-order valence-electron chi connectivity index (χ1n) is 5.86. The van der Waals surface area contributed by atoms with E-state index in [4.69, 9.17) is 5.73 Å². The molecule has 1 aromatic carbocycles. The first-order valence-corrected chi connectivity index (χ1v) is 6.68. The third-order valence-corrected chi connectivity index (χ3v) is 3.62. The molecule has 0 radical (unpaired) electrons. The molecule has 1 aliphatic rings. The predicted octanol–water partition coefficient (Wildman–Crippen LogP) is 2.62. The summed E-state index contributed by atoms with van der Waals surface area (Å²) in [7, 11) is 0. The molecular formula is C13H12F2N2O2S. The molecule has 0 spiro atoms. The van der Waals surface area contributed by atoms with Gasteiger partial charge >= 0.3 is 0 Å². The molecule has 20 heavy (non-hydrogen) atoms. The second kappa shape index (κ2) is 6.15. The second-order valence-electron chi connectivity index (χ2n) is 4.09. The standard InChI is InChI=1S/C13H12F2N2O2S/c14-11(15)9-3-1-8(2-4-9)7-10-12(18)17(6-5-16)13(19)20-10/h1-4,7,11H,5-6,16H2/b10-7+. The highest BCUT2D eigenvalue weighted by Crippen LogP contribution is 2.32. The van der Waals surface area contributed by atoms with E-state index in [-0.39, 0.29) is 28.8 Å². The molecule has 4 nitrogen and oxygen atoms in total. The molecule has 7 heteroatoms. The van der Waals surface area contributed by atoms with Gasteiger partial charge in [0.25, 0.3) is 17.6 Å². The van der Waals surface area contributed by atoms with E-state index in [0.717, 1.165) is 16.7 Å². The minimum Gasteiger partial charge on any atom is -0.329 e. The number of thioether (sulfide) groups is 1. The lowest BCUT2D eigenvalue weighted by molar-refractivity contribution is -0.122. The second-order valence-corrected chi connectivity index (χ2v) is 5.08. The van der Waals surface area contributed by atoms with E-state index in [1.54, 1.807) is 0 Å². The Morgan fingerprint density at radius 1 is 1.25 bits per heavy atom. The van der Waals surface area contributed by atoms with E-state index in [2.05, 4.69) is 0 Å². The molecule has 0 unspecified atom stereocenters. The molecule has 0 bridgehead atoms. The van der Waals surface area contributed by atoms with Gasteiger partial charge in [0.1, 0.15) is 0 Å². The van der Waals surface area contributed by atoms with E-state index < -0.39 is 12.3 Å². The van der Waals surface area contributed by atoms with Gasteiger partial charge < -0.3 is 5.73 Å². The van der Waals surface area contributed by atoms with Crippen LogP contribution in [0.1, 0.15) is 17.6 Å². The molecule has 1 heterocycles. The molecule has 2 rings (SSSR count).